The number of alkyl halides is 3. The Morgan fingerprint density at radius 2 is 2.00 bits per heavy atom. The number of phosphoric acid groups is 1. The molecule has 1 atom stereocenters. The van der Waals surface area contributed by atoms with Gasteiger partial charge in [0.05, 0.1) is 6.61 Å². The van der Waals surface area contributed by atoms with Crippen molar-refractivity contribution in [1.82, 2.24) is 0 Å². The fraction of sp³-hybridized carbons (Fsp3) is 1.00. The van der Waals surface area contributed by atoms with Gasteiger partial charge in [-0.05, 0) is 6.92 Å². The highest BCUT2D eigenvalue weighted by molar-refractivity contribution is 7.48. The fourth-order valence-electron chi connectivity index (χ4n) is 0.462. The van der Waals surface area contributed by atoms with Crippen molar-refractivity contribution in [2.45, 2.75) is 13.0 Å². The van der Waals surface area contributed by atoms with Crippen LogP contribution in [0.25, 0.3) is 0 Å². The van der Waals surface area contributed by atoms with Gasteiger partial charge in [-0.15, -0.1) is 0 Å². The predicted octanol–water partition coefficient (Wildman–Crippen LogP) is 2.36. The van der Waals surface area contributed by atoms with E-state index in [2.05, 4.69) is 13.6 Å². The van der Waals surface area contributed by atoms with Gasteiger partial charge in [0, 0.05) is 7.11 Å². The molecular weight excluding hydrogens is 212 g/mol. The molecule has 0 aromatic carbocycles. The Kier molecular flexibility index (Phi) is 4.91. The lowest BCUT2D eigenvalue weighted by Gasteiger charge is -2.19. The first kappa shape index (κ1) is 12.9. The highest BCUT2D eigenvalue weighted by atomic mass is 31.2. The van der Waals surface area contributed by atoms with Gasteiger partial charge in [-0.25, -0.2) is 13.5 Å². The Balaban J connectivity index is 4.35. The molecule has 0 N–H and O–H groups in total. The smallest absolute Gasteiger partial charge is 0.290 e. The number of phosphoric ester groups is 1. The Labute approximate surface area is 73.6 Å². The van der Waals surface area contributed by atoms with Crippen LogP contribution in [0.5, 0.6) is 0 Å². The SMILES string of the molecule is CCOP(=O)(OC)OC(F)(F)CF. The molecule has 0 bridgehead atoms. The molecule has 4 nitrogen and oxygen atoms in total. The summed E-state index contributed by atoms with van der Waals surface area (Å²) in [6.45, 7) is -0.830. The first-order chi connectivity index (χ1) is 5.89. The summed E-state index contributed by atoms with van der Waals surface area (Å²) in [5.74, 6) is 0. The standard InChI is InChI=1S/C5H10F3O4P/c1-3-11-13(9,10-2)12-5(7,8)4-6/h3-4H2,1-2H3. The van der Waals surface area contributed by atoms with Crippen LogP contribution in [0.2, 0.25) is 0 Å². The van der Waals surface area contributed by atoms with Crippen LogP contribution in [0.1, 0.15) is 6.92 Å². The van der Waals surface area contributed by atoms with E-state index in [-0.39, 0.29) is 6.61 Å². The summed E-state index contributed by atoms with van der Waals surface area (Å²) in [6.07, 6.45) is -4.15. The minimum atomic E-state index is -4.33. The van der Waals surface area contributed by atoms with Crippen LogP contribution in [-0.4, -0.2) is 26.5 Å². The minimum Gasteiger partial charge on any atom is -0.290 e. The summed E-state index contributed by atoms with van der Waals surface area (Å²) in [5.41, 5.74) is 0. The molecule has 80 valence electrons. The average Bonchev–Trinajstić information content (AvgIpc) is 2.04. The third-order valence-corrected chi connectivity index (χ3v) is 2.42. The molecule has 13 heavy (non-hydrogen) atoms. The van der Waals surface area contributed by atoms with E-state index >= 15 is 0 Å². The van der Waals surface area contributed by atoms with E-state index in [0.717, 1.165) is 7.11 Å². The summed E-state index contributed by atoms with van der Waals surface area (Å²) in [5, 5.41) is 0. The molecule has 0 aromatic heterocycles. The van der Waals surface area contributed by atoms with Crippen molar-refractivity contribution >= 4 is 7.82 Å². The summed E-state index contributed by atoms with van der Waals surface area (Å²) < 4.78 is 59.0. The topological polar surface area (TPSA) is 44.8 Å². The number of hydrogen-bond donors (Lipinski definition) is 0. The van der Waals surface area contributed by atoms with Crippen LogP contribution in [0, 0.1) is 0 Å². The molecule has 1 unspecified atom stereocenters. The van der Waals surface area contributed by atoms with Crippen molar-refractivity contribution in [2.75, 3.05) is 20.4 Å². The maximum Gasteiger partial charge on any atom is 0.479 e. The second-order valence-electron chi connectivity index (χ2n) is 1.91. The van der Waals surface area contributed by atoms with E-state index in [1.807, 2.05) is 0 Å². The molecule has 0 rings (SSSR count). The highest BCUT2D eigenvalue weighted by Gasteiger charge is 2.41. The Morgan fingerprint density at radius 1 is 1.46 bits per heavy atom. The van der Waals surface area contributed by atoms with Crippen LogP contribution >= 0.6 is 7.82 Å². The molecule has 0 saturated heterocycles. The van der Waals surface area contributed by atoms with E-state index in [4.69, 9.17) is 0 Å². The van der Waals surface area contributed by atoms with Gasteiger partial charge in [0.1, 0.15) is 0 Å². The van der Waals surface area contributed by atoms with Crippen molar-refractivity contribution < 1.29 is 31.3 Å². The highest BCUT2D eigenvalue weighted by Crippen LogP contribution is 2.52. The first-order valence-electron chi connectivity index (χ1n) is 3.34. The molecule has 0 saturated carbocycles. The minimum absolute atomic E-state index is 0.145. The van der Waals surface area contributed by atoms with Crippen LogP contribution in [0.4, 0.5) is 13.2 Å². The predicted molar refractivity (Wildman–Crippen MR) is 38.2 cm³/mol. The Hall–Kier alpha value is -0.100. The van der Waals surface area contributed by atoms with E-state index in [0.29, 0.717) is 0 Å². The van der Waals surface area contributed by atoms with Crippen molar-refractivity contribution in [3.8, 4) is 0 Å². The molecule has 0 spiro atoms. The molecule has 8 heteroatoms. The Morgan fingerprint density at radius 3 is 2.31 bits per heavy atom. The maximum atomic E-state index is 12.2. The van der Waals surface area contributed by atoms with Crippen LogP contribution in [-0.2, 0) is 18.1 Å². The van der Waals surface area contributed by atoms with E-state index < -0.39 is 20.6 Å². The zero-order chi connectivity index (χ0) is 10.5. The second-order valence-corrected chi connectivity index (χ2v) is 3.61. The van der Waals surface area contributed by atoms with Gasteiger partial charge >= 0.3 is 13.9 Å². The number of halogens is 3. The molecule has 0 aromatic rings. The zero-order valence-corrected chi connectivity index (χ0v) is 8.02. The van der Waals surface area contributed by atoms with E-state index in [9.17, 15) is 17.7 Å². The van der Waals surface area contributed by atoms with Gasteiger partial charge in [-0.3, -0.25) is 9.05 Å². The zero-order valence-electron chi connectivity index (χ0n) is 7.13. The monoisotopic (exact) mass is 222 g/mol. The van der Waals surface area contributed by atoms with Gasteiger partial charge in [-0.1, -0.05) is 0 Å². The number of rotatable bonds is 6. The summed E-state index contributed by atoms with van der Waals surface area (Å²) >= 11 is 0. The summed E-state index contributed by atoms with van der Waals surface area (Å²) in [6, 6.07) is 0. The molecule has 0 aliphatic rings. The van der Waals surface area contributed by atoms with Crippen molar-refractivity contribution in [1.29, 1.82) is 0 Å². The van der Waals surface area contributed by atoms with Gasteiger partial charge < -0.3 is 0 Å². The maximum absolute atomic E-state index is 12.2. The third kappa shape index (κ3) is 4.61. The van der Waals surface area contributed by atoms with Crippen molar-refractivity contribution in [3.05, 3.63) is 0 Å². The molecule has 0 aliphatic carbocycles. The van der Waals surface area contributed by atoms with Crippen molar-refractivity contribution in [3.63, 3.8) is 0 Å². The summed E-state index contributed by atoms with van der Waals surface area (Å²) in [7, 11) is -3.46. The third-order valence-electron chi connectivity index (χ3n) is 0.912. The molecule has 0 amide bonds. The molecular formula is C5H10F3O4P. The lowest BCUT2D eigenvalue weighted by Crippen LogP contribution is -2.22. The van der Waals surface area contributed by atoms with E-state index in [1.54, 1.807) is 0 Å². The fourth-order valence-corrected chi connectivity index (χ4v) is 1.39. The molecule has 0 aliphatic heterocycles. The molecule has 0 radical (unpaired) electrons. The average molecular weight is 222 g/mol. The van der Waals surface area contributed by atoms with Gasteiger partial charge in [-0.2, -0.15) is 8.78 Å². The van der Waals surface area contributed by atoms with Crippen molar-refractivity contribution in [2.24, 2.45) is 0 Å². The molecule has 0 heterocycles. The van der Waals surface area contributed by atoms with Gasteiger partial charge in [0.2, 0.25) is 0 Å². The molecule has 0 fully saturated rings. The second kappa shape index (κ2) is 4.95. The van der Waals surface area contributed by atoms with Crippen LogP contribution in [0.15, 0.2) is 0 Å². The van der Waals surface area contributed by atoms with E-state index in [1.165, 1.54) is 6.92 Å². The number of hydrogen-bond acceptors (Lipinski definition) is 4. The first-order valence-corrected chi connectivity index (χ1v) is 4.80. The van der Waals surface area contributed by atoms with Crippen LogP contribution in [0.3, 0.4) is 0 Å². The quantitative estimate of drug-likeness (QED) is 0.647. The van der Waals surface area contributed by atoms with Crippen LogP contribution < -0.4 is 0 Å². The largest absolute Gasteiger partial charge is 0.479 e. The van der Waals surface area contributed by atoms with Gasteiger partial charge in [0.25, 0.3) is 0 Å². The normalized spacial score (nSPS) is 17.0. The Bertz CT molecular complexity index is 198. The summed E-state index contributed by atoms with van der Waals surface area (Å²) in [4.78, 5) is 0. The lowest BCUT2D eigenvalue weighted by molar-refractivity contribution is -0.198. The van der Waals surface area contributed by atoms with Gasteiger partial charge in [0.15, 0.2) is 6.67 Å². The lowest BCUT2D eigenvalue weighted by atomic mass is 10.7.